The van der Waals surface area contributed by atoms with Crippen molar-refractivity contribution in [3.8, 4) is 0 Å². The fourth-order valence-corrected chi connectivity index (χ4v) is 2.28. The van der Waals surface area contributed by atoms with Crippen LogP contribution in [0.3, 0.4) is 0 Å². The van der Waals surface area contributed by atoms with E-state index in [-0.39, 0.29) is 11.8 Å². The Kier molecular flexibility index (Phi) is 6.65. The number of amides is 1. The highest BCUT2D eigenvalue weighted by Gasteiger charge is 2.23. The summed E-state index contributed by atoms with van der Waals surface area (Å²) in [6.45, 7) is 0. The lowest BCUT2D eigenvalue weighted by atomic mass is 9.90. The van der Waals surface area contributed by atoms with Gasteiger partial charge in [0.15, 0.2) is 0 Å². The van der Waals surface area contributed by atoms with E-state index in [0.29, 0.717) is 0 Å². The smallest absolute Gasteiger partial charge is 0.234 e. The molecule has 1 aromatic heterocycles. The van der Waals surface area contributed by atoms with E-state index < -0.39 is 0 Å². The van der Waals surface area contributed by atoms with E-state index in [1.807, 2.05) is 60.7 Å². The normalized spacial score (nSPS) is 9.79. The molecule has 24 heavy (non-hydrogen) atoms. The van der Waals surface area contributed by atoms with Crippen molar-refractivity contribution in [2.75, 3.05) is 14.1 Å². The van der Waals surface area contributed by atoms with Gasteiger partial charge >= 0.3 is 0 Å². The van der Waals surface area contributed by atoms with Crippen LogP contribution in [0.15, 0.2) is 85.5 Å². The van der Waals surface area contributed by atoms with E-state index in [1.165, 1.54) is 6.33 Å². The standard InChI is InChI=1S/C16H17NO.C4H4N2/c1-17(2)16(18)15(13-9-5-3-6-10-13)14-11-7-4-8-12-14;1-2-5-4-6-3-1/h3-12,15H,1-2H3;1-4H. The Bertz CT molecular complexity index is 649. The maximum Gasteiger partial charge on any atom is 0.234 e. The molecule has 1 heterocycles. The molecule has 0 aliphatic heterocycles. The Hall–Kier alpha value is -3.01. The van der Waals surface area contributed by atoms with E-state index in [4.69, 9.17) is 0 Å². The van der Waals surface area contributed by atoms with Crippen LogP contribution >= 0.6 is 0 Å². The lowest BCUT2D eigenvalue weighted by molar-refractivity contribution is -0.129. The Labute approximate surface area is 142 Å². The van der Waals surface area contributed by atoms with Gasteiger partial charge in [-0.15, -0.1) is 0 Å². The Morgan fingerprint density at radius 1 is 0.792 bits per heavy atom. The largest absolute Gasteiger partial charge is 0.348 e. The van der Waals surface area contributed by atoms with E-state index in [1.54, 1.807) is 37.5 Å². The molecule has 0 atom stereocenters. The number of likely N-dealkylation sites (N-methyl/N-ethyl adjacent to an activating group) is 1. The molecule has 4 heteroatoms. The Balaban J connectivity index is 0.000000292. The minimum atomic E-state index is -0.220. The molecule has 0 N–H and O–H groups in total. The fourth-order valence-electron chi connectivity index (χ4n) is 2.28. The first-order valence-electron chi connectivity index (χ1n) is 7.71. The van der Waals surface area contributed by atoms with Gasteiger partial charge in [-0.3, -0.25) is 4.79 Å². The molecule has 0 fully saturated rings. The number of rotatable bonds is 3. The van der Waals surface area contributed by atoms with Crippen LogP contribution in [0.1, 0.15) is 17.0 Å². The molecule has 0 aliphatic carbocycles. The van der Waals surface area contributed by atoms with E-state index in [2.05, 4.69) is 9.97 Å². The summed E-state index contributed by atoms with van der Waals surface area (Å²) in [5, 5.41) is 0. The summed E-state index contributed by atoms with van der Waals surface area (Å²) in [4.78, 5) is 21.4. The van der Waals surface area contributed by atoms with Crippen molar-refractivity contribution >= 4 is 5.91 Å². The molecule has 1 amide bonds. The van der Waals surface area contributed by atoms with Crippen molar-refractivity contribution in [1.29, 1.82) is 0 Å². The summed E-state index contributed by atoms with van der Waals surface area (Å²) in [7, 11) is 3.59. The second-order valence-corrected chi connectivity index (χ2v) is 5.39. The first kappa shape index (κ1) is 17.3. The Morgan fingerprint density at radius 3 is 1.54 bits per heavy atom. The maximum absolute atomic E-state index is 12.4. The molecule has 0 spiro atoms. The van der Waals surface area contributed by atoms with Crippen molar-refractivity contribution in [3.05, 3.63) is 96.6 Å². The van der Waals surface area contributed by atoms with Crippen LogP contribution in [0.4, 0.5) is 0 Å². The summed E-state index contributed by atoms with van der Waals surface area (Å²) in [6.07, 6.45) is 4.88. The van der Waals surface area contributed by atoms with Gasteiger partial charge in [-0.2, -0.15) is 0 Å². The minimum Gasteiger partial charge on any atom is -0.348 e. The van der Waals surface area contributed by atoms with Gasteiger partial charge in [-0.05, 0) is 17.2 Å². The molecule has 0 aliphatic rings. The summed E-state index contributed by atoms with van der Waals surface area (Å²) >= 11 is 0. The SMILES string of the molecule is CN(C)C(=O)C(c1ccccc1)c1ccccc1.c1cncnc1. The van der Waals surface area contributed by atoms with Crippen molar-refractivity contribution in [3.63, 3.8) is 0 Å². The van der Waals surface area contributed by atoms with Gasteiger partial charge in [0.05, 0.1) is 5.92 Å². The summed E-state index contributed by atoms with van der Waals surface area (Å²) < 4.78 is 0. The van der Waals surface area contributed by atoms with Crippen LogP contribution in [-0.2, 0) is 4.79 Å². The number of nitrogens with zero attached hydrogens (tertiary/aromatic N) is 3. The highest BCUT2D eigenvalue weighted by atomic mass is 16.2. The fraction of sp³-hybridized carbons (Fsp3) is 0.150. The number of carbonyl (C=O) groups excluding carboxylic acids is 1. The van der Waals surface area contributed by atoms with Crippen molar-refractivity contribution in [1.82, 2.24) is 14.9 Å². The molecular formula is C20H21N3O. The zero-order valence-corrected chi connectivity index (χ0v) is 13.9. The first-order chi connectivity index (χ1) is 11.7. The zero-order valence-electron chi connectivity index (χ0n) is 13.9. The van der Waals surface area contributed by atoms with Crippen LogP contribution in [0.25, 0.3) is 0 Å². The molecule has 0 saturated heterocycles. The molecule has 0 bridgehead atoms. The topological polar surface area (TPSA) is 46.1 Å². The van der Waals surface area contributed by atoms with Gasteiger partial charge in [0, 0.05) is 26.5 Å². The van der Waals surface area contributed by atoms with Crippen molar-refractivity contribution in [2.45, 2.75) is 5.92 Å². The van der Waals surface area contributed by atoms with Crippen molar-refractivity contribution in [2.24, 2.45) is 0 Å². The third kappa shape index (κ3) is 5.02. The number of benzene rings is 2. The number of hydrogen-bond donors (Lipinski definition) is 0. The predicted molar refractivity (Wildman–Crippen MR) is 95.5 cm³/mol. The molecule has 122 valence electrons. The van der Waals surface area contributed by atoms with E-state index in [9.17, 15) is 4.79 Å². The van der Waals surface area contributed by atoms with Gasteiger partial charge in [0.25, 0.3) is 0 Å². The van der Waals surface area contributed by atoms with Crippen LogP contribution in [0, 0.1) is 0 Å². The van der Waals surface area contributed by atoms with Crippen LogP contribution in [-0.4, -0.2) is 34.9 Å². The summed E-state index contributed by atoms with van der Waals surface area (Å²) in [5.41, 5.74) is 2.06. The second-order valence-electron chi connectivity index (χ2n) is 5.39. The first-order valence-corrected chi connectivity index (χ1v) is 7.71. The molecule has 3 rings (SSSR count). The van der Waals surface area contributed by atoms with Crippen LogP contribution in [0.5, 0.6) is 0 Å². The second kappa shape index (κ2) is 9.20. The molecular weight excluding hydrogens is 298 g/mol. The van der Waals surface area contributed by atoms with Gasteiger partial charge in [-0.1, -0.05) is 60.7 Å². The van der Waals surface area contributed by atoms with E-state index >= 15 is 0 Å². The average Bonchev–Trinajstić information content (AvgIpc) is 2.65. The third-order valence-electron chi connectivity index (χ3n) is 3.43. The van der Waals surface area contributed by atoms with E-state index in [0.717, 1.165) is 11.1 Å². The summed E-state index contributed by atoms with van der Waals surface area (Å²) in [6, 6.07) is 21.6. The lowest BCUT2D eigenvalue weighted by Crippen LogP contribution is -2.28. The molecule has 3 aromatic rings. The quantitative estimate of drug-likeness (QED) is 0.743. The number of hydrogen-bond acceptors (Lipinski definition) is 3. The van der Waals surface area contributed by atoms with Crippen LogP contribution < -0.4 is 0 Å². The zero-order chi connectivity index (χ0) is 17.2. The molecule has 0 radical (unpaired) electrons. The highest BCUT2D eigenvalue weighted by Crippen LogP contribution is 2.25. The molecule has 4 nitrogen and oxygen atoms in total. The molecule has 2 aromatic carbocycles. The average molecular weight is 319 g/mol. The monoisotopic (exact) mass is 319 g/mol. The van der Waals surface area contributed by atoms with Crippen molar-refractivity contribution < 1.29 is 4.79 Å². The summed E-state index contributed by atoms with van der Waals surface area (Å²) in [5.74, 6) is -0.116. The predicted octanol–water partition coefficient (Wildman–Crippen LogP) is 3.38. The van der Waals surface area contributed by atoms with Gasteiger partial charge in [-0.25, -0.2) is 9.97 Å². The highest BCUT2D eigenvalue weighted by molar-refractivity contribution is 5.86. The maximum atomic E-state index is 12.4. The van der Waals surface area contributed by atoms with Gasteiger partial charge in [0.1, 0.15) is 6.33 Å². The number of carbonyl (C=O) groups is 1. The Morgan fingerprint density at radius 2 is 1.25 bits per heavy atom. The lowest BCUT2D eigenvalue weighted by Gasteiger charge is -2.21. The van der Waals surface area contributed by atoms with Gasteiger partial charge < -0.3 is 4.90 Å². The molecule has 0 unspecified atom stereocenters. The minimum absolute atomic E-state index is 0.104. The molecule has 0 saturated carbocycles. The third-order valence-corrected chi connectivity index (χ3v) is 3.43. The van der Waals surface area contributed by atoms with Gasteiger partial charge in [0.2, 0.25) is 5.91 Å². The number of aromatic nitrogens is 2. The van der Waals surface area contributed by atoms with Crippen LogP contribution in [0.2, 0.25) is 0 Å².